The molecular formula is C14H18F3N3O2. The predicted octanol–water partition coefficient (Wildman–Crippen LogP) is 2.81. The fourth-order valence-corrected chi connectivity index (χ4v) is 1.97. The molecular weight excluding hydrogens is 299 g/mol. The Balaban J connectivity index is 1.83. The molecule has 1 aromatic heterocycles. The number of hydrogen-bond donors (Lipinski definition) is 1. The summed E-state index contributed by atoms with van der Waals surface area (Å²) < 4.78 is 42.5. The Morgan fingerprint density at radius 1 is 1.32 bits per heavy atom. The van der Waals surface area contributed by atoms with E-state index in [0.29, 0.717) is 18.9 Å². The SMILES string of the molecule is CC(C)(C)OC(=O)NC1CN(c2ccc(C(F)(F)F)cn2)C1. The average Bonchev–Trinajstić information content (AvgIpc) is 2.30. The largest absolute Gasteiger partial charge is 0.444 e. The summed E-state index contributed by atoms with van der Waals surface area (Å²) in [7, 11) is 0. The molecule has 1 saturated heterocycles. The van der Waals surface area contributed by atoms with Crippen molar-refractivity contribution in [2.75, 3.05) is 18.0 Å². The molecule has 1 aliphatic heterocycles. The molecule has 1 aliphatic rings. The molecule has 22 heavy (non-hydrogen) atoms. The number of ether oxygens (including phenoxy) is 1. The van der Waals surface area contributed by atoms with E-state index < -0.39 is 23.4 Å². The third kappa shape index (κ3) is 4.25. The summed E-state index contributed by atoms with van der Waals surface area (Å²) in [4.78, 5) is 17.1. The maximum Gasteiger partial charge on any atom is 0.417 e. The van der Waals surface area contributed by atoms with Gasteiger partial charge in [0.15, 0.2) is 0 Å². The van der Waals surface area contributed by atoms with Crippen LogP contribution >= 0.6 is 0 Å². The van der Waals surface area contributed by atoms with Crippen molar-refractivity contribution in [3.05, 3.63) is 23.9 Å². The molecule has 1 fully saturated rings. The third-order valence-electron chi connectivity index (χ3n) is 3.00. The first-order chi connectivity index (χ1) is 10.0. The molecule has 1 amide bonds. The molecule has 8 heteroatoms. The monoisotopic (exact) mass is 317 g/mol. The number of alkyl halides is 3. The Hall–Kier alpha value is -1.99. The second-order valence-corrected chi connectivity index (χ2v) is 6.15. The maximum absolute atomic E-state index is 12.4. The molecule has 2 heterocycles. The first-order valence-corrected chi connectivity index (χ1v) is 6.82. The molecule has 0 aliphatic carbocycles. The van der Waals surface area contributed by atoms with E-state index >= 15 is 0 Å². The molecule has 0 bridgehead atoms. The first-order valence-electron chi connectivity index (χ1n) is 6.82. The van der Waals surface area contributed by atoms with Crippen molar-refractivity contribution in [3.8, 4) is 0 Å². The lowest BCUT2D eigenvalue weighted by molar-refractivity contribution is -0.137. The number of halogens is 3. The fraction of sp³-hybridized carbons (Fsp3) is 0.571. The number of anilines is 1. The van der Waals surface area contributed by atoms with Gasteiger partial charge in [0, 0.05) is 19.3 Å². The van der Waals surface area contributed by atoms with Crippen molar-refractivity contribution < 1.29 is 22.7 Å². The summed E-state index contributed by atoms with van der Waals surface area (Å²) in [5.41, 5.74) is -1.34. The number of nitrogens with one attached hydrogen (secondary N) is 1. The van der Waals surface area contributed by atoms with Gasteiger partial charge < -0.3 is 15.0 Å². The van der Waals surface area contributed by atoms with Crippen molar-refractivity contribution in [3.63, 3.8) is 0 Å². The van der Waals surface area contributed by atoms with Crippen LogP contribution < -0.4 is 10.2 Å². The van der Waals surface area contributed by atoms with Crippen LogP contribution in [-0.2, 0) is 10.9 Å². The molecule has 5 nitrogen and oxygen atoms in total. The highest BCUT2D eigenvalue weighted by Gasteiger charge is 2.33. The number of nitrogens with zero attached hydrogens (tertiary/aromatic N) is 2. The number of aromatic nitrogens is 1. The Bertz CT molecular complexity index is 532. The van der Waals surface area contributed by atoms with Crippen LogP contribution in [0.5, 0.6) is 0 Å². The van der Waals surface area contributed by atoms with Crippen LogP contribution in [0.25, 0.3) is 0 Å². The van der Waals surface area contributed by atoms with Crippen LogP contribution in [0.2, 0.25) is 0 Å². The van der Waals surface area contributed by atoms with Gasteiger partial charge in [0.1, 0.15) is 11.4 Å². The minimum absolute atomic E-state index is 0.0982. The maximum atomic E-state index is 12.4. The van der Waals surface area contributed by atoms with Gasteiger partial charge in [-0.25, -0.2) is 9.78 Å². The van der Waals surface area contributed by atoms with Gasteiger partial charge >= 0.3 is 12.3 Å². The van der Waals surface area contributed by atoms with Gasteiger partial charge in [-0.05, 0) is 32.9 Å². The van der Waals surface area contributed by atoms with E-state index in [1.165, 1.54) is 6.07 Å². The number of carbonyl (C=O) groups excluding carboxylic acids is 1. The predicted molar refractivity (Wildman–Crippen MR) is 74.6 cm³/mol. The van der Waals surface area contributed by atoms with Crippen LogP contribution in [0.1, 0.15) is 26.3 Å². The van der Waals surface area contributed by atoms with Crippen molar-refractivity contribution in [2.45, 2.75) is 38.6 Å². The zero-order chi connectivity index (χ0) is 16.5. The molecule has 0 aromatic carbocycles. The first kappa shape index (κ1) is 16.4. The van der Waals surface area contributed by atoms with Crippen molar-refractivity contribution in [2.24, 2.45) is 0 Å². The van der Waals surface area contributed by atoms with Crippen LogP contribution in [-0.4, -0.2) is 35.8 Å². The molecule has 122 valence electrons. The average molecular weight is 317 g/mol. The number of rotatable bonds is 2. The normalized spacial score (nSPS) is 16.2. The molecule has 0 unspecified atom stereocenters. The topological polar surface area (TPSA) is 54.5 Å². The minimum atomic E-state index is -4.39. The van der Waals surface area contributed by atoms with E-state index in [0.717, 1.165) is 12.3 Å². The third-order valence-corrected chi connectivity index (χ3v) is 3.00. The van der Waals surface area contributed by atoms with Crippen LogP contribution in [0.4, 0.5) is 23.8 Å². The highest BCUT2D eigenvalue weighted by molar-refractivity contribution is 5.68. The smallest absolute Gasteiger partial charge is 0.417 e. The standard InChI is InChI=1S/C14H18F3N3O2/c1-13(2,3)22-12(21)19-10-7-20(8-10)11-5-4-9(6-18-11)14(15,16)17/h4-6,10H,7-8H2,1-3H3,(H,19,21). The minimum Gasteiger partial charge on any atom is -0.444 e. The van der Waals surface area contributed by atoms with Crippen LogP contribution in [0.3, 0.4) is 0 Å². The molecule has 1 N–H and O–H groups in total. The Morgan fingerprint density at radius 3 is 2.41 bits per heavy atom. The van der Waals surface area contributed by atoms with E-state index in [-0.39, 0.29) is 6.04 Å². The zero-order valence-corrected chi connectivity index (χ0v) is 12.6. The fourth-order valence-electron chi connectivity index (χ4n) is 1.97. The van der Waals surface area contributed by atoms with E-state index in [1.54, 1.807) is 25.7 Å². The lowest BCUT2D eigenvalue weighted by Gasteiger charge is -2.40. The summed E-state index contributed by atoms with van der Waals surface area (Å²) in [6.45, 7) is 6.28. The second kappa shape index (κ2) is 5.66. The van der Waals surface area contributed by atoms with Gasteiger partial charge in [0.05, 0.1) is 11.6 Å². The number of alkyl carbamates (subject to hydrolysis) is 1. The number of hydrogen-bond acceptors (Lipinski definition) is 4. The van der Waals surface area contributed by atoms with Crippen LogP contribution in [0.15, 0.2) is 18.3 Å². The Morgan fingerprint density at radius 2 is 1.95 bits per heavy atom. The van der Waals surface area contributed by atoms with Gasteiger partial charge in [0.25, 0.3) is 0 Å². The summed E-state index contributed by atoms with van der Waals surface area (Å²) in [5.74, 6) is 0.454. The van der Waals surface area contributed by atoms with Crippen molar-refractivity contribution >= 4 is 11.9 Å². The second-order valence-electron chi connectivity index (χ2n) is 6.15. The van der Waals surface area contributed by atoms with Crippen LogP contribution in [0, 0.1) is 0 Å². The van der Waals surface area contributed by atoms with E-state index in [1.807, 2.05) is 0 Å². The summed E-state index contributed by atoms with van der Waals surface area (Å²) in [6.07, 6.45) is -4.08. The van der Waals surface area contributed by atoms with Crippen molar-refractivity contribution in [1.82, 2.24) is 10.3 Å². The van der Waals surface area contributed by atoms with Gasteiger partial charge in [-0.2, -0.15) is 13.2 Å². The molecule has 0 saturated carbocycles. The highest BCUT2D eigenvalue weighted by atomic mass is 19.4. The Labute approximate surface area is 126 Å². The lowest BCUT2D eigenvalue weighted by atomic mass is 10.1. The van der Waals surface area contributed by atoms with Gasteiger partial charge in [0.2, 0.25) is 0 Å². The Kier molecular flexibility index (Phi) is 4.21. The zero-order valence-electron chi connectivity index (χ0n) is 12.6. The number of pyridine rings is 1. The van der Waals surface area contributed by atoms with E-state index in [4.69, 9.17) is 4.74 Å². The highest BCUT2D eigenvalue weighted by Crippen LogP contribution is 2.30. The molecule has 2 rings (SSSR count). The van der Waals surface area contributed by atoms with Crippen molar-refractivity contribution in [1.29, 1.82) is 0 Å². The molecule has 1 aromatic rings. The summed E-state index contributed by atoms with van der Waals surface area (Å²) >= 11 is 0. The number of carbonyl (C=O) groups is 1. The van der Waals surface area contributed by atoms with E-state index in [9.17, 15) is 18.0 Å². The van der Waals surface area contributed by atoms with Gasteiger partial charge in [-0.1, -0.05) is 0 Å². The summed E-state index contributed by atoms with van der Waals surface area (Å²) in [6, 6.07) is 2.22. The number of amides is 1. The lowest BCUT2D eigenvalue weighted by Crippen LogP contribution is -2.60. The molecule has 0 radical (unpaired) electrons. The molecule has 0 spiro atoms. The van der Waals surface area contributed by atoms with Gasteiger partial charge in [-0.3, -0.25) is 0 Å². The summed E-state index contributed by atoms with van der Waals surface area (Å²) in [5, 5.41) is 2.70. The quantitative estimate of drug-likeness (QED) is 0.911. The van der Waals surface area contributed by atoms with Gasteiger partial charge in [-0.15, -0.1) is 0 Å². The molecule has 0 atom stereocenters. The van der Waals surface area contributed by atoms with E-state index in [2.05, 4.69) is 10.3 Å².